The van der Waals surface area contributed by atoms with E-state index in [9.17, 15) is 4.79 Å². The second-order valence-corrected chi connectivity index (χ2v) is 6.77. The molecule has 0 radical (unpaired) electrons. The molecule has 3 aromatic rings. The number of hydrogen-bond donors (Lipinski definition) is 1. The third-order valence-corrected chi connectivity index (χ3v) is 4.29. The SMILES string of the molecule is Cc1nnc(COc2ccc(NC(=O)c3cc(C)sc3C)cc2)o1. The number of nitrogens with zero attached hydrogens (tertiary/aromatic N) is 2. The number of aromatic nitrogens is 2. The van der Waals surface area contributed by atoms with E-state index in [1.54, 1.807) is 42.5 Å². The molecule has 0 aliphatic heterocycles. The van der Waals surface area contributed by atoms with Gasteiger partial charge >= 0.3 is 0 Å². The number of carbonyl (C=O) groups is 1. The van der Waals surface area contributed by atoms with Gasteiger partial charge in [-0.15, -0.1) is 21.5 Å². The second kappa shape index (κ2) is 6.84. The molecule has 0 unspecified atom stereocenters. The number of nitrogens with one attached hydrogen (secondary N) is 1. The number of thiophene rings is 1. The summed E-state index contributed by atoms with van der Waals surface area (Å²) in [5, 5.41) is 10.5. The highest BCUT2D eigenvalue weighted by atomic mass is 32.1. The van der Waals surface area contributed by atoms with Crippen LogP contribution in [0.4, 0.5) is 5.69 Å². The van der Waals surface area contributed by atoms with Gasteiger partial charge in [0.05, 0.1) is 5.56 Å². The van der Waals surface area contributed by atoms with Crippen LogP contribution in [0.25, 0.3) is 0 Å². The van der Waals surface area contributed by atoms with Crippen molar-refractivity contribution < 1.29 is 13.9 Å². The fraction of sp³-hybridized carbons (Fsp3) is 0.235. The Hall–Kier alpha value is -2.67. The number of hydrogen-bond acceptors (Lipinski definition) is 6. The van der Waals surface area contributed by atoms with E-state index in [1.165, 1.54) is 0 Å². The summed E-state index contributed by atoms with van der Waals surface area (Å²) in [6.45, 7) is 5.87. The normalized spacial score (nSPS) is 10.6. The van der Waals surface area contributed by atoms with Crippen molar-refractivity contribution in [2.45, 2.75) is 27.4 Å². The minimum atomic E-state index is -0.105. The van der Waals surface area contributed by atoms with Crippen molar-refractivity contribution in [2.24, 2.45) is 0 Å². The maximum Gasteiger partial charge on any atom is 0.256 e. The van der Waals surface area contributed by atoms with Crippen LogP contribution in [0.3, 0.4) is 0 Å². The highest BCUT2D eigenvalue weighted by molar-refractivity contribution is 7.12. The Bertz CT molecular complexity index is 852. The van der Waals surface area contributed by atoms with E-state index in [0.29, 0.717) is 28.8 Å². The van der Waals surface area contributed by atoms with Crippen LogP contribution in [0.1, 0.15) is 31.9 Å². The zero-order valence-electron chi connectivity index (χ0n) is 13.6. The van der Waals surface area contributed by atoms with Crippen LogP contribution >= 0.6 is 11.3 Å². The fourth-order valence-electron chi connectivity index (χ4n) is 2.23. The molecule has 0 aliphatic rings. The van der Waals surface area contributed by atoms with E-state index in [1.807, 2.05) is 19.9 Å². The molecule has 7 heteroatoms. The van der Waals surface area contributed by atoms with E-state index in [2.05, 4.69) is 15.5 Å². The molecular formula is C17H17N3O3S. The predicted octanol–water partition coefficient (Wildman–Crippen LogP) is 3.89. The molecule has 1 N–H and O–H groups in total. The Morgan fingerprint density at radius 3 is 2.54 bits per heavy atom. The second-order valence-electron chi connectivity index (χ2n) is 5.31. The van der Waals surface area contributed by atoms with Crippen molar-refractivity contribution in [3.63, 3.8) is 0 Å². The van der Waals surface area contributed by atoms with Crippen molar-refractivity contribution in [1.82, 2.24) is 10.2 Å². The first kappa shape index (κ1) is 16.2. The van der Waals surface area contributed by atoms with Gasteiger partial charge in [-0.05, 0) is 44.2 Å². The third-order valence-electron chi connectivity index (χ3n) is 3.33. The van der Waals surface area contributed by atoms with Crippen LogP contribution in [0.15, 0.2) is 34.7 Å². The largest absolute Gasteiger partial charge is 0.484 e. The van der Waals surface area contributed by atoms with Crippen molar-refractivity contribution in [1.29, 1.82) is 0 Å². The molecule has 0 saturated carbocycles. The molecule has 0 aliphatic carbocycles. The van der Waals surface area contributed by atoms with Crippen LogP contribution in [0.2, 0.25) is 0 Å². The van der Waals surface area contributed by atoms with E-state index >= 15 is 0 Å². The lowest BCUT2D eigenvalue weighted by Crippen LogP contribution is -2.11. The van der Waals surface area contributed by atoms with Gasteiger partial charge in [-0.1, -0.05) is 0 Å². The molecule has 0 saturated heterocycles. The number of benzene rings is 1. The Kier molecular flexibility index (Phi) is 4.61. The van der Waals surface area contributed by atoms with Crippen LogP contribution in [-0.2, 0) is 6.61 Å². The van der Waals surface area contributed by atoms with Crippen LogP contribution in [0, 0.1) is 20.8 Å². The average Bonchev–Trinajstić information content (AvgIpc) is 3.11. The number of amides is 1. The van der Waals surface area contributed by atoms with Crippen molar-refractivity contribution >= 4 is 22.9 Å². The van der Waals surface area contributed by atoms with Gasteiger partial charge in [0.1, 0.15) is 5.75 Å². The molecular weight excluding hydrogens is 326 g/mol. The van der Waals surface area contributed by atoms with Crippen LogP contribution in [0.5, 0.6) is 5.75 Å². The minimum Gasteiger partial charge on any atom is -0.484 e. The molecule has 24 heavy (non-hydrogen) atoms. The number of anilines is 1. The fourth-order valence-corrected chi connectivity index (χ4v) is 3.15. The maximum atomic E-state index is 12.3. The highest BCUT2D eigenvalue weighted by Gasteiger charge is 2.12. The zero-order valence-corrected chi connectivity index (χ0v) is 14.4. The molecule has 1 aromatic carbocycles. The summed E-state index contributed by atoms with van der Waals surface area (Å²) in [6.07, 6.45) is 0. The molecule has 124 valence electrons. The van der Waals surface area contributed by atoms with Gasteiger partial charge in [0.15, 0.2) is 6.61 Å². The Morgan fingerprint density at radius 2 is 1.96 bits per heavy atom. The van der Waals surface area contributed by atoms with Gasteiger partial charge in [0.25, 0.3) is 11.8 Å². The number of rotatable bonds is 5. The number of ether oxygens (including phenoxy) is 1. The van der Waals surface area contributed by atoms with Gasteiger partial charge in [-0.2, -0.15) is 0 Å². The lowest BCUT2D eigenvalue weighted by molar-refractivity contribution is 0.102. The highest BCUT2D eigenvalue weighted by Crippen LogP contribution is 2.22. The van der Waals surface area contributed by atoms with E-state index < -0.39 is 0 Å². The lowest BCUT2D eigenvalue weighted by atomic mass is 10.2. The monoisotopic (exact) mass is 343 g/mol. The first-order valence-corrected chi connectivity index (χ1v) is 8.23. The lowest BCUT2D eigenvalue weighted by Gasteiger charge is -2.07. The number of aryl methyl sites for hydroxylation is 3. The minimum absolute atomic E-state index is 0.105. The van der Waals surface area contributed by atoms with Gasteiger partial charge in [0.2, 0.25) is 5.89 Å². The zero-order chi connectivity index (χ0) is 17.1. The average molecular weight is 343 g/mol. The first-order chi connectivity index (χ1) is 11.5. The summed E-state index contributed by atoms with van der Waals surface area (Å²) in [6, 6.07) is 9.05. The molecule has 2 aromatic heterocycles. The topological polar surface area (TPSA) is 77.3 Å². The molecule has 1 amide bonds. The van der Waals surface area contributed by atoms with Gasteiger partial charge in [-0.3, -0.25) is 4.79 Å². The van der Waals surface area contributed by atoms with Gasteiger partial charge in [0, 0.05) is 22.4 Å². The molecule has 2 heterocycles. The third kappa shape index (κ3) is 3.80. The molecule has 0 spiro atoms. The smallest absolute Gasteiger partial charge is 0.256 e. The van der Waals surface area contributed by atoms with Crippen LogP contribution in [-0.4, -0.2) is 16.1 Å². The van der Waals surface area contributed by atoms with E-state index in [0.717, 1.165) is 9.75 Å². The van der Waals surface area contributed by atoms with E-state index in [4.69, 9.17) is 9.15 Å². The van der Waals surface area contributed by atoms with Crippen LogP contribution < -0.4 is 10.1 Å². The standard InChI is InChI=1S/C17H17N3O3S/c1-10-8-15(11(2)24-10)17(21)18-13-4-6-14(7-5-13)22-9-16-20-19-12(3)23-16/h4-8H,9H2,1-3H3,(H,18,21). The predicted molar refractivity (Wildman–Crippen MR) is 91.6 cm³/mol. The molecule has 0 atom stereocenters. The Labute approximate surface area is 143 Å². The summed E-state index contributed by atoms with van der Waals surface area (Å²) in [5.74, 6) is 1.48. The molecule has 0 fully saturated rings. The molecule has 0 bridgehead atoms. The summed E-state index contributed by atoms with van der Waals surface area (Å²) in [5.41, 5.74) is 1.42. The maximum absolute atomic E-state index is 12.3. The van der Waals surface area contributed by atoms with Crippen molar-refractivity contribution in [2.75, 3.05) is 5.32 Å². The summed E-state index contributed by atoms with van der Waals surface area (Å²) in [4.78, 5) is 14.4. The first-order valence-electron chi connectivity index (χ1n) is 7.41. The van der Waals surface area contributed by atoms with Gasteiger partial charge in [-0.25, -0.2) is 0 Å². The number of carbonyl (C=O) groups excluding carboxylic acids is 1. The Balaban J connectivity index is 1.60. The van der Waals surface area contributed by atoms with E-state index in [-0.39, 0.29) is 12.5 Å². The quantitative estimate of drug-likeness (QED) is 0.760. The van der Waals surface area contributed by atoms with Crippen molar-refractivity contribution in [3.8, 4) is 5.75 Å². The molecule has 6 nitrogen and oxygen atoms in total. The summed E-state index contributed by atoms with van der Waals surface area (Å²) in [7, 11) is 0. The summed E-state index contributed by atoms with van der Waals surface area (Å²) < 4.78 is 10.8. The van der Waals surface area contributed by atoms with Crippen molar-refractivity contribution in [3.05, 3.63) is 57.4 Å². The molecule has 3 rings (SSSR count). The Morgan fingerprint density at radius 1 is 1.21 bits per heavy atom. The van der Waals surface area contributed by atoms with Gasteiger partial charge < -0.3 is 14.5 Å². The summed E-state index contributed by atoms with van der Waals surface area (Å²) >= 11 is 1.62.